The Morgan fingerprint density at radius 1 is 1.18 bits per heavy atom. The Morgan fingerprint density at radius 2 is 1.91 bits per heavy atom. The van der Waals surface area contributed by atoms with Gasteiger partial charge in [0.15, 0.2) is 11.5 Å². The number of methoxy groups -OCH3 is 2. The van der Waals surface area contributed by atoms with E-state index in [1.807, 2.05) is 12.1 Å². The molecule has 1 aliphatic rings. The third kappa shape index (κ3) is 2.89. The zero-order valence-electron chi connectivity index (χ0n) is 13.2. The number of benzene rings is 1. The van der Waals surface area contributed by atoms with Gasteiger partial charge in [0, 0.05) is 31.1 Å². The molecule has 0 saturated heterocycles. The van der Waals surface area contributed by atoms with Crippen LogP contribution in [0, 0.1) is 0 Å². The second-order valence-electron chi connectivity index (χ2n) is 5.49. The summed E-state index contributed by atoms with van der Waals surface area (Å²) < 4.78 is 18.6. The summed E-state index contributed by atoms with van der Waals surface area (Å²) in [4.78, 5) is 4.80. The molecule has 0 atom stereocenters. The van der Waals surface area contributed by atoms with E-state index in [4.69, 9.17) is 24.9 Å². The lowest BCUT2D eigenvalue weighted by Gasteiger charge is -2.11. The maximum Gasteiger partial charge on any atom is 0.163 e. The van der Waals surface area contributed by atoms with Crippen molar-refractivity contribution in [2.24, 2.45) is 5.73 Å². The molecule has 120 valence electrons. The van der Waals surface area contributed by atoms with Gasteiger partial charge in [0.25, 0.3) is 0 Å². The van der Waals surface area contributed by atoms with Gasteiger partial charge in [-0.25, -0.2) is 4.98 Å². The molecule has 1 heterocycles. The lowest BCUT2D eigenvalue weighted by atomic mass is 10.2. The molecule has 1 aliphatic carbocycles. The van der Waals surface area contributed by atoms with E-state index in [2.05, 4.69) is 4.57 Å². The molecule has 1 saturated carbocycles. The first-order chi connectivity index (χ1) is 10.8. The lowest BCUT2D eigenvalue weighted by molar-refractivity contribution is 0.133. The Kier molecular flexibility index (Phi) is 4.49. The number of nitrogens with zero attached hydrogens (tertiary/aromatic N) is 2. The van der Waals surface area contributed by atoms with E-state index in [0.717, 1.165) is 29.2 Å². The maximum atomic E-state index is 5.53. The molecule has 2 N–H and O–H groups in total. The van der Waals surface area contributed by atoms with Crippen LogP contribution in [0.3, 0.4) is 0 Å². The Labute approximate surface area is 130 Å². The number of ether oxygens (including phenoxy) is 3. The van der Waals surface area contributed by atoms with Gasteiger partial charge in [-0.15, -0.1) is 0 Å². The van der Waals surface area contributed by atoms with Gasteiger partial charge in [0.05, 0.1) is 38.5 Å². The molecule has 0 spiro atoms. The van der Waals surface area contributed by atoms with E-state index >= 15 is 0 Å². The number of imidazole rings is 1. The fourth-order valence-corrected chi connectivity index (χ4v) is 2.70. The number of hydrogen-bond donors (Lipinski definition) is 1. The average molecular weight is 305 g/mol. The van der Waals surface area contributed by atoms with Crippen LogP contribution in [0.4, 0.5) is 0 Å². The number of aromatic nitrogens is 2. The van der Waals surface area contributed by atoms with E-state index < -0.39 is 0 Å². The number of hydrogen-bond acceptors (Lipinski definition) is 5. The molecule has 2 aromatic rings. The van der Waals surface area contributed by atoms with Crippen molar-refractivity contribution >= 4 is 11.0 Å². The Bertz CT molecular complexity index is 650. The fraction of sp³-hybridized carbons (Fsp3) is 0.562. The molecule has 1 aromatic heterocycles. The molecule has 0 aliphatic heterocycles. The Morgan fingerprint density at radius 3 is 2.55 bits per heavy atom. The van der Waals surface area contributed by atoms with Crippen LogP contribution in [0.2, 0.25) is 0 Å². The van der Waals surface area contributed by atoms with Crippen molar-refractivity contribution in [3.05, 3.63) is 18.0 Å². The summed E-state index contributed by atoms with van der Waals surface area (Å²) in [7, 11) is 3.29. The highest BCUT2D eigenvalue weighted by molar-refractivity contribution is 5.81. The van der Waals surface area contributed by atoms with Crippen LogP contribution in [-0.2, 0) is 11.3 Å². The van der Waals surface area contributed by atoms with Crippen molar-refractivity contribution in [2.75, 3.05) is 34.0 Å². The highest BCUT2D eigenvalue weighted by Gasteiger charge is 2.30. The van der Waals surface area contributed by atoms with Crippen LogP contribution < -0.4 is 15.2 Å². The Hall–Kier alpha value is -1.79. The van der Waals surface area contributed by atoms with Gasteiger partial charge in [0.2, 0.25) is 0 Å². The van der Waals surface area contributed by atoms with Crippen LogP contribution in [0.5, 0.6) is 11.5 Å². The van der Waals surface area contributed by atoms with Gasteiger partial charge in [-0.1, -0.05) is 0 Å². The summed E-state index contributed by atoms with van der Waals surface area (Å²) in [5.74, 6) is 3.14. The van der Waals surface area contributed by atoms with E-state index in [1.54, 1.807) is 14.2 Å². The summed E-state index contributed by atoms with van der Waals surface area (Å²) in [5, 5.41) is 0. The zero-order chi connectivity index (χ0) is 15.5. The minimum absolute atomic E-state index is 0.547. The second-order valence-corrected chi connectivity index (χ2v) is 5.49. The third-order valence-corrected chi connectivity index (χ3v) is 3.95. The van der Waals surface area contributed by atoms with Gasteiger partial charge < -0.3 is 24.5 Å². The molecule has 0 bridgehead atoms. The van der Waals surface area contributed by atoms with Crippen molar-refractivity contribution in [1.82, 2.24) is 9.55 Å². The smallest absolute Gasteiger partial charge is 0.163 e. The summed E-state index contributed by atoms with van der Waals surface area (Å²) in [5.41, 5.74) is 7.47. The largest absolute Gasteiger partial charge is 0.493 e. The van der Waals surface area contributed by atoms with E-state index in [-0.39, 0.29) is 0 Å². The first-order valence-electron chi connectivity index (χ1n) is 7.68. The summed E-state index contributed by atoms with van der Waals surface area (Å²) in [6, 6.07) is 3.94. The minimum Gasteiger partial charge on any atom is -0.493 e. The van der Waals surface area contributed by atoms with E-state index in [9.17, 15) is 0 Å². The topological polar surface area (TPSA) is 71.5 Å². The maximum absolute atomic E-state index is 5.53. The van der Waals surface area contributed by atoms with Crippen molar-refractivity contribution in [3.8, 4) is 11.5 Å². The molecule has 22 heavy (non-hydrogen) atoms. The first-order valence-corrected chi connectivity index (χ1v) is 7.68. The number of rotatable bonds is 8. The van der Waals surface area contributed by atoms with Gasteiger partial charge in [-0.05, 0) is 12.8 Å². The molecule has 1 fully saturated rings. The predicted octanol–water partition coefficient (Wildman–Crippen LogP) is 1.91. The normalized spacial score (nSPS) is 14.5. The fourth-order valence-electron chi connectivity index (χ4n) is 2.70. The number of nitrogens with two attached hydrogens (primary N) is 1. The minimum atomic E-state index is 0.547. The van der Waals surface area contributed by atoms with Gasteiger partial charge in [-0.3, -0.25) is 0 Å². The molecule has 6 heteroatoms. The zero-order valence-corrected chi connectivity index (χ0v) is 13.2. The molecule has 3 rings (SSSR count). The monoisotopic (exact) mass is 305 g/mol. The highest BCUT2D eigenvalue weighted by atomic mass is 16.5. The first kappa shape index (κ1) is 15.1. The van der Waals surface area contributed by atoms with Crippen molar-refractivity contribution in [1.29, 1.82) is 0 Å². The molecular formula is C16H23N3O3. The molecule has 0 unspecified atom stereocenters. The Balaban J connectivity index is 1.96. The van der Waals surface area contributed by atoms with E-state index in [0.29, 0.717) is 31.4 Å². The standard InChI is InChI=1S/C16H23N3O3/c1-20-14-9-12-13(10-15(14)21-2)19(6-8-22-7-5-17)16(18-12)11-3-4-11/h9-11H,3-8,17H2,1-2H3. The van der Waals surface area contributed by atoms with Crippen molar-refractivity contribution in [2.45, 2.75) is 25.3 Å². The quantitative estimate of drug-likeness (QED) is 0.754. The second kappa shape index (κ2) is 6.54. The van der Waals surface area contributed by atoms with Crippen LogP contribution in [0.25, 0.3) is 11.0 Å². The van der Waals surface area contributed by atoms with Crippen molar-refractivity contribution in [3.63, 3.8) is 0 Å². The van der Waals surface area contributed by atoms with Gasteiger partial charge in [0.1, 0.15) is 5.82 Å². The van der Waals surface area contributed by atoms with Gasteiger partial charge in [-0.2, -0.15) is 0 Å². The summed E-state index contributed by atoms with van der Waals surface area (Å²) >= 11 is 0. The predicted molar refractivity (Wildman–Crippen MR) is 84.7 cm³/mol. The van der Waals surface area contributed by atoms with Crippen LogP contribution in [-0.4, -0.2) is 43.5 Å². The van der Waals surface area contributed by atoms with Crippen LogP contribution in [0.1, 0.15) is 24.6 Å². The lowest BCUT2D eigenvalue weighted by Crippen LogP contribution is -2.13. The molecule has 0 amide bonds. The third-order valence-electron chi connectivity index (χ3n) is 3.95. The SMILES string of the molecule is COc1cc2nc(C3CC3)n(CCOCCN)c2cc1OC. The average Bonchev–Trinajstić information content (AvgIpc) is 3.33. The molecule has 0 radical (unpaired) electrons. The highest BCUT2D eigenvalue weighted by Crippen LogP contribution is 2.42. The van der Waals surface area contributed by atoms with Crippen LogP contribution >= 0.6 is 0 Å². The van der Waals surface area contributed by atoms with E-state index in [1.165, 1.54) is 12.8 Å². The van der Waals surface area contributed by atoms with Gasteiger partial charge >= 0.3 is 0 Å². The molecule has 1 aromatic carbocycles. The van der Waals surface area contributed by atoms with Crippen molar-refractivity contribution < 1.29 is 14.2 Å². The van der Waals surface area contributed by atoms with Crippen LogP contribution in [0.15, 0.2) is 12.1 Å². The molecule has 6 nitrogen and oxygen atoms in total. The molecular weight excluding hydrogens is 282 g/mol. The summed E-state index contributed by atoms with van der Waals surface area (Å²) in [6.07, 6.45) is 2.42. The number of fused-ring (bicyclic) bond motifs is 1. The summed E-state index contributed by atoms with van der Waals surface area (Å²) in [6.45, 7) is 2.54.